The van der Waals surface area contributed by atoms with E-state index in [2.05, 4.69) is 31.0 Å². The van der Waals surface area contributed by atoms with Crippen LogP contribution in [0.25, 0.3) is 16.9 Å². The number of piperazine rings is 1. The van der Waals surface area contributed by atoms with E-state index in [9.17, 15) is 27.6 Å². The molecule has 3 aromatic heterocycles. The molecule has 4 heterocycles. The Bertz CT molecular complexity index is 1770. The number of alkyl halides is 3. The molecular weight excluding hydrogens is 585 g/mol. The molecule has 0 atom stereocenters. The van der Waals surface area contributed by atoms with Crippen LogP contribution in [0.5, 0.6) is 5.75 Å². The molecule has 0 aliphatic carbocycles. The van der Waals surface area contributed by atoms with Crippen molar-refractivity contribution in [3.63, 3.8) is 0 Å². The highest BCUT2D eigenvalue weighted by Crippen LogP contribution is 2.38. The third-order valence-electron chi connectivity index (χ3n) is 6.91. The van der Waals surface area contributed by atoms with Crippen molar-refractivity contribution < 1.29 is 32.3 Å². The van der Waals surface area contributed by atoms with E-state index >= 15 is 0 Å². The number of nitriles is 1. The number of nitrogens with zero attached hydrogens (tertiary/aromatic N) is 7. The first-order valence-corrected chi connectivity index (χ1v) is 13.2. The summed E-state index contributed by atoms with van der Waals surface area (Å²) >= 11 is 0. The second kappa shape index (κ2) is 12.4. The molecule has 228 valence electrons. The second-order valence-corrected chi connectivity index (χ2v) is 9.63. The number of hydrogen-bond donors (Lipinski definition) is 3. The van der Waals surface area contributed by atoms with E-state index in [1.807, 2.05) is 0 Å². The lowest BCUT2D eigenvalue weighted by Gasteiger charge is -2.27. The predicted molar refractivity (Wildman–Crippen MR) is 148 cm³/mol. The number of nitrogens with one attached hydrogen (secondary N) is 3. The lowest BCUT2D eigenvalue weighted by atomic mass is 10.1. The molecule has 1 fully saturated rings. The van der Waals surface area contributed by atoms with Gasteiger partial charge in [-0.15, -0.1) is 0 Å². The maximum atomic E-state index is 13.8. The zero-order chi connectivity index (χ0) is 31.4. The van der Waals surface area contributed by atoms with Crippen LogP contribution in [0.15, 0.2) is 36.9 Å². The van der Waals surface area contributed by atoms with Crippen molar-refractivity contribution in [2.24, 2.45) is 0 Å². The monoisotopic (exact) mass is 610 g/mol. The van der Waals surface area contributed by atoms with Crippen molar-refractivity contribution in [2.45, 2.75) is 19.6 Å². The van der Waals surface area contributed by atoms with E-state index in [0.29, 0.717) is 26.2 Å². The number of fused-ring (bicyclic) bond motifs is 1. The average Bonchev–Trinajstić information content (AvgIpc) is 3.63. The molecule has 1 aliphatic rings. The fraction of sp³-hybridized carbons (Fsp3) is 0.296. The number of hydrogen-bond acceptors (Lipinski definition) is 10. The Labute approximate surface area is 247 Å². The quantitative estimate of drug-likeness (QED) is 0.238. The van der Waals surface area contributed by atoms with Crippen molar-refractivity contribution in [1.29, 1.82) is 5.26 Å². The van der Waals surface area contributed by atoms with Gasteiger partial charge in [-0.25, -0.2) is 9.97 Å². The number of benzene rings is 1. The standard InChI is InChI=1S/C27H25F3N10O4/c1-16-17(26(43)35-13-21(42)38-9-5-32-6-10-38)2-3-19(22(16)44-15-41)36-24-25-34-12-20(40(25)11-7-33-24)18-14-39(8-4-31)37-23(18)27(28,29)30/h2-3,7,11-12,14-15,32H,5-6,8-10,13H2,1H3,(H,33,36)(H,35,43). The van der Waals surface area contributed by atoms with Crippen molar-refractivity contribution in [3.05, 3.63) is 53.7 Å². The average molecular weight is 611 g/mol. The summed E-state index contributed by atoms with van der Waals surface area (Å²) in [5.74, 6) is -0.679. The second-order valence-electron chi connectivity index (χ2n) is 9.63. The summed E-state index contributed by atoms with van der Waals surface area (Å²) in [6.45, 7) is 3.57. The first-order chi connectivity index (χ1) is 21.1. The smallest absolute Gasteiger partial charge is 0.426 e. The normalized spacial score (nSPS) is 13.4. The van der Waals surface area contributed by atoms with Gasteiger partial charge < -0.3 is 25.6 Å². The molecule has 4 aromatic rings. The van der Waals surface area contributed by atoms with Crippen LogP contribution in [0.3, 0.4) is 0 Å². The van der Waals surface area contributed by atoms with Gasteiger partial charge in [-0.05, 0) is 19.1 Å². The van der Waals surface area contributed by atoms with Crippen LogP contribution in [-0.4, -0.2) is 80.1 Å². The number of amides is 2. The molecule has 2 amide bonds. The number of imidazole rings is 1. The Morgan fingerprint density at radius 1 is 1.23 bits per heavy atom. The minimum atomic E-state index is -4.79. The Balaban J connectivity index is 1.43. The van der Waals surface area contributed by atoms with Crippen molar-refractivity contribution in [3.8, 4) is 23.1 Å². The minimum absolute atomic E-state index is 0.00574. The third kappa shape index (κ3) is 6.01. The SMILES string of the molecule is Cc1c(C(=O)NCC(=O)N2CCNCC2)ccc(Nc2nccn3c(-c4cn(CC#N)nc4C(F)(F)F)cnc23)c1OC=O. The third-order valence-corrected chi connectivity index (χ3v) is 6.91. The van der Waals surface area contributed by atoms with E-state index in [1.54, 1.807) is 17.9 Å². The maximum Gasteiger partial charge on any atom is 0.435 e. The van der Waals surface area contributed by atoms with Crippen LogP contribution < -0.4 is 20.7 Å². The number of rotatable bonds is 9. The molecule has 44 heavy (non-hydrogen) atoms. The van der Waals surface area contributed by atoms with E-state index in [1.165, 1.54) is 35.1 Å². The Kier molecular flexibility index (Phi) is 8.44. The van der Waals surface area contributed by atoms with Gasteiger partial charge in [-0.3, -0.25) is 23.5 Å². The summed E-state index contributed by atoms with van der Waals surface area (Å²) in [6.07, 6.45) is 0.281. The van der Waals surface area contributed by atoms with Crippen LogP contribution >= 0.6 is 0 Å². The molecule has 0 bridgehead atoms. The summed E-state index contributed by atoms with van der Waals surface area (Å²) in [6, 6.07) is 4.69. The lowest BCUT2D eigenvalue weighted by molar-refractivity contribution is -0.141. The summed E-state index contributed by atoms with van der Waals surface area (Å²) in [5.41, 5.74) is -0.637. The fourth-order valence-electron chi connectivity index (χ4n) is 4.82. The molecule has 0 unspecified atom stereocenters. The van der Waals surface area contributed by atoms with Gasteiger partial charge in [0.1, 0.15) is 6.54 Å². The van der Waals surface area contributed by atoms with Crippen LogP contribution in [0.4, 0.5) is 24.7 Å². The van der Waals surface area contributed by atoms with Gasteiger partial charge in [0.25, 0.3) is 12.4 Å². The van der Waals surface area contributed by atoms with E-state index in [4.69, 9.17) is 10.00 Å². The first kappa shape index (κ1) is 30.0. The highest BCUT2D eigenvalue weighted by molar-refractivity contribution is 5.99. The molecule has 1 aliphatic heterocycles. The molecular formula is C27H25F3N10O4. The molecule has 17 heteroatoms. The molecule has 5 rings (SSSR count). The van der Waals surface area contributed by atoms with Crippen LogP contribution in [0.2, 0.25) is 0 Å². The number of anilines is 2. The molecule has 1 aromatic carbocycles. The Hall–Kier alpha value is -5.50. The molecule has 0 spiro atoms. The van der Waals surface area contributed by atoms with Gasteiger partial charge >= 0.3 is 6.18 Å². The lowest BCUT2D eigenvalue weighted by Crippen LogP contribution is -2.49. The molecule has 3 N–H and O–H groups in total. The number of carbonyl (C=O) groups excluding carboxylic acids is 3. The van der Waals surface area contributed by atoms with Crippen molar-refractivity contribution in [1.82, 2.24) is 39.7 Å². The zero-order valence-corrected chi connectivity index (χ0v) is 23.2. The van der Waals surface area contributed by atoms with Gasteiger partial charge in [-0.2, -0.15) is 23.5 Å². The van der Waals surface area contributed by atoms with Crippen molar-refractivity contribution >= 4 is 35.4 Å². The predicted octanol–water partition coefficient (Wildman–Crippen LogP) is 1.88. The molecule has 0 radical (unpaired) electrons. The van der Waals surface area contributed by atoms with E-state index in [-0.39, 0.29) is 70.8 Å². The number of ether oxygens (including phenoxy) is 1. The first-order valence-electron chi connectivity index (χ1n) is 13.2. The van der Waals surface area contributed by atoms with Gasteiger partial charge in [0.05, 0.1) is 35.8 Å². The molecule has 14 nitrogen and oxygen atoms in total. The van der Waals surface area contributed by atoms with Crippen LogP contribution in [-0.2, 0) is 22.3 Å². The topological polar surface area (TPSA) is 172 Å². The van der Waals surface area contributed by atoms with Gasteiger partial charge in [0.2, 0.25) is 5.91 Å². The Morgan fingerprint density at radius 2 is 2.00 bits per heavy atom. The highest BCUT2D eigenvalue weighted by Gasteiger charge is 2.38. The van der Waals surface area contributed by atoms with Crippen molar-refractivity contribution in [2.75, 3.05) is 38.0 Å². The van der Waals surface area contributed by atoms with Gasteiger partial charge in [0, 0.05) is 55.9 Å². The molecule has 0 saturated carbocycles. The summed E-state index contributed by atoms with van der Waals surface area (Å²) in [7, 11) is 0. The highest BCUT2D eigenvalue weighted by atomic mass is 19.4. The number of aromatic nitrogens is 5. The number of halogens is 3. The summed E-state index contributed by atoms with van der Waals surface area (Å²) in [5, 5.41) is 21.2. The van der Waals surface area contributed by atoms with Gasteiger partial charge in [-0.1, -0.05) is 0 Å². The van der Waals surface area contributed by atoms with Crippen LogP contribution in [0, 0.1) is 18.3 Å². The number of carbonyl (C=O) groups is 3. The van der Waals surface area contributed by atoms with Gasteiger partial charge in [0.15, 0.2) is 22.9 Å². The van der Waals surface area contributed by atoms with E-state index in [0.717, 1.165) is 10.9 Å². The fourth-order valence-corrected chi connectivity index (χ4v) is 4.82. The van der Waals surface area contributed by atoms with E-state index < -0.39 is 17.8 Å². The zero-order valence-electron chi connectivity index (χ0n) is 23.2. The summed E-state index contributed by atoms with van der Waals surface area (Å²) in [4.78, 5) is 46.9. The summed E-state index contributed by atoms with van der Waals surface area (Å²) < 4.78 is 48.8. The molecule has 1 saturated heterocycles. The minimum Gasteiger partial charge on any atom is -0.426 e. The largest absolute Gasteiger partial charge is 0.435 e. The Morgan fingerprint density at radius 3 is 2.70 bits per heavy atom. The van der Waals surface area contributed by atoms with Crippen LogP contribution in [0.1, 0.15) is 21.6 Å². The maximum absolute atomic E-state index is 13.8.